The Morgan fingerprint density at radius 2 is 1.69 bits per heavy atom. The van der Waals surface area contributed by atoms with E-state index < -0.39 is 10.0 Å². The van der Waals surface area contributed by atoms with Crippen LogP contribution in [0.4, 0.5) is 5.69 Å². The number of nitrogens with zero attached hydrogens (tertiary/aromatic N) is 1. The average Bonchev–Trinajstić information content (AvgIpc) is 2.74. The summed E-state index contributed by atoms with van der Waals surface area (Å²) in [5.74, 6) is 2.16. The predicted octanol–water partition coefficient (Wildman–Crippen LogP) is 2.83. The summed E-state index contributed by atoms with van der Waals surface area (Å²) in [6.07, 6.45) is 1.00. The summed E-state index contributed by atoms with van der Waals surface area (Å²) < 4.78 is 26.4. The lowest BCUT2D eigenvalue weighted by atomic mass is 10.1. The molecule has 6 nitrogen and oxygen atoms in total. The maximum atomic E-state index is 12.4. The summed E-state index contributed by atoms with van der Waals surface area (Å²) in [6, 6.07) is 13.8. The van der Waals surface area contributed by atoms with Crippen molar-refractivity contribution in [1.82, 2.24) is 9.62 Å². The standard InChI is InChI=1S/C21H27N3O3S2/c1-2-22-29(26,27)20-9-5-18(6-10-20)21(25)23-19-7-3-17(4-8-19)11-12-24-13-15-28-16-14-24/h3-10,22H,2,11-16H2,1H3,(H,23,25). The molecule has 0 aliphatic carbocycles. The van der Waals surface area contributed by atoms with Gasteiger partial charge in [0.25, 0.3) is 5.91 Å². The molecule has 1 amide bonds. The van der Waals surface area contributed by atoms with Crippen molar-refractivity contribution >= 4 is 33.4 Å². The second-order valence-electron chi connectivity index (χ2n) is 6.88. The Morgan fingerprint density at radius 3 is 2.31 bits per heavy atom. The van der Waals surface area contributed by atoms with Crippen LogP contribution in [0, 0.1) is 0 Å². The molecular formula is C21H27N3O3S2. The number of rotatable bonds is 8. The highest BCUT2D eigenvalue weighted by Crippen LogP contribution is 2.15. The zero-order chi connectivity index (χ0) is 20.7. The van der Waals surface area contributed by atoms with Crippen LogP contribution in [-0.2, 0) is 16.4 Å². The molecule has 0 aromatic heterocycles. The molecule has 0 bridgehead atoms. The van der Waals surface area contributed by atoms with E-state index in [1.807, 2.05) is 36.0 Å². The first-order chi connectivity index (χ1) is 14.0. The monoisotopic (exact) mass is 433 g/mol. The van der Waals surface area contributed by atoms with E-state index in [4.69, 9.17) is 0 Å². The third-order valence-corrected chi connectivity index (χ3v) is 7.30. The van der Waals surface area contributed by atoms with Crippen molar-refractivity contribution < 1.29 is 13.2 Å². The highest BCUT2D eigenvalue weighted by Gasteiger charge is 2.14. The molecular weight excluding hydrogens is 406 g/mol. The van der Waals surface area contributed by atoms with Gasteiger partial charge in [-0.05, 0) is 48.4 Å². The van der Waals surface area contributed by atoms with E-state index in [1.165, 1.54) is 41.3 Å². The van der Waals surface area contributed by atoms with Crippen LogP contribution >= 0.6 is 11.8 Å². The molecule has 1 saturated heterocycles. The van der Waals surface area contributed by atoms with Crippen LogP contribution in [0.5, 0.6) is 0 Å². The largest absolute Gasteiger partial charge is 0.322 e. The molecule has 156 valence electrons. The topological polar surface area (TPSA) is 78.5 Å². The van der Waals surface area contributed by atoms with E-state index in [1.54, 1.807) is 6.92 Å². The quantitative estimate of drug-likeness (QED) is 0.669. The molecule has 0 spiro atoms. The Bertz CT molecular complexity index is 907. The minimum absolute atomic E-state index is 0.146. The van der Waals surface area contributed by atoms with Gasteiger partial charge in [-0.3, -0.25) is 4.79 Å². The van der Waals surface area contributed by atoms with Crippen LogP contribution in [-0.4, -0.2) is 56.9 Å². The Labute approximate surface area is 177 Å². The van der Waals surface area contributed by atoms with Crippen molar-refractivity contribution in [1.29, 1.82) is 0 Å². The third kappa shape index (κ3) is 6.30. The zero-order valence-corrected chi connectivity index (χ0v) is 18.2. The number of sulfonamides is 1. The van der Waals surface area contributed by atoms with Gasteiger partial charge < -0.3 is 10.2 Å². The summed E-state index contributed by atoms with van der Waals surface area (Å²) in [4.78, 5) is 15.1. The van der Waals surface area contributed by atoms with Crippen molar-refractivity contribution in [3.05, 3.63) is 59.7 Å². The van der Waals surface area contributed by atoms with Gasteiger partial charge in [0.15, 0.2) is 0 Å². The summed E-state index contributed by atoms with van der Waals surface area (Å²) in [5.41, 5.74) is 2.38. The molecule has 1 fully saturated rings. The summed E-state index contributed by atoms with van der Waals surface area (Å²) in [7, 11) is -3.52. The zero-order valence-electron chi connectivity index (χ0n) is 16.6. The maximum absolute atomic E-state index is 12.4. The number of nitrogens with one attached hydrogen (secondary N) is 2. The number of carbonyl (C=O) groups excluding carboxylic acids is 1. The fourth-order valence-electron chi connectivity index (χ4n) is 3.13. The fourth-order valence-corrected chi connectivity index (χ4v) is 5.15. The van der Waals surface area contributed by atoms with Crippen molar-refractivity contribution in [2.24, 2.45) is 0 Å². The molecule has 2 aromatic rings. The van der Waals surface area contributed by atoms with Crippen molar-refractivity contribution in [3.8, 4) is 0 Å². The first-order valence-electron chi connectivity index (χ1n) is 9.78. The summed E-state index contributed by atoms with van der Waals surface area (Å²) in [5, 5.41) is 2.86. The molecule has 0 radical (unpaired) electrons. The molecule has 29 heavy (non-hydrogen) atoms. The number of amides is 1. The number of anilines is 1. The number of hydrogen-bond donors (Lipinski definition) is 2. The van der Waals surface area contributed by atoms with E-state index in [2.05, 4.69) is 14.9 Å². The van der Waals surface area contributed by atoms with Crippen molar-refractivity contribution in [3.63, 3.8) is 0 Å². The van der Waals surface area contributed by atoms with E-state index in [0.717, 1.165) is 31.7 Å². The molecule has 0 unspecified atom stereocenters. The molecule has 3 rings (SSSR count). The Morgan fingerprint density at radius 1 is 1.03 bits per heavy atom. The predicted molar refractivity (Wildman–Crippen MR) is 119 cm³/mol. The SMILES string of the molecule is CCNS(=O)(=O)c1ccc(C(=O)Nc2ccc(CCN3CCSCC3)cc2)cc1. The van der Waals surface area contributed by atoms with Crippen LogP contribution in [0.25, 0.3) is 0 Å². The second-order valence-corrected chi connectivity index (χ2v) is 9.87. The summed E-state index contributed by atoms with van der Waals surface area (Å²) >= 11 is 2.02. The van der Waals surface area contributed by atoms with Gasteiger partial charge in [0.2, 0.25) is 10.0 Å². The van der Waals surface area contributed by atoms with Crippen LogP contribution < -0.4 is 10.0 Å². The minimum Gasteiger partial charge on any atom is -0.322 e. The van der Waals surface area contributed by atoms with E-state index in [0.29, 0.717) is 12.1 Å². The normalized spacial score (nSPS) is 15.2. The molecule has 0 saturated carbocycles. The highest BCUT2D eigenvalue weighted by molar-refractivity contribution is 7.99. The van der Waals surface area contributed by atoms with Gasteiger partial charge in [-0.1, -0.05) is 19.1 Å². The van der Waals surface area contributed by atoms with Gasteiger partial charge >= 0.3 is 0 Å². The van der Waals surface area contributed by atoms with Crippen LogP contribution in [0.2, 0.25) is 0 Å². The van der Waals surface area contributed by atoms with Gasteiger partial charge in [-0.15, -0.1) is 0 Å². The first-order valence-corrected chi connectivity index (χ1v) is 12.4. The molecule has 1 aliphatic rings. The summed E-state index contributed by atoms with van der Waals surface area (Å²) in [6.45, 7) is 5.42. The van der Waals surface area contributed by atoms with E-state index >= 15 is 0 Å². The lowest BCUT2D eigenvalue weighted by Crippen LogP contribution is -2.34. The van der Waals surface area contributed by atoms with Crippen LogP contribution in [0.15, 0.2) is 53.4 Å². The van der Waals surface area contributed by atoms with E-state index in [-0.39, 0.29) is 10.8 Å². The van der Waals surface area contributed by atoms with Gasteiger partial charge in [-0.2, -0.15) is 11.8 Å². The molecule has 1 aliphatic heterocycles. The van der Waals surface area contributed by atoms with Gasteiger partial charge in [0.1, 0.15) is 0 Å². The molecule has 8 heteroatoms. The molecule has 2 N–H and O–H groups in total. The van der Waals surface area contributed by atoms with Gasteiger partial charge in [0.05, 0.1) is 4.90 Å². The van der Waals surface area contributed by atoms with Gasteiger partial charge in [0, 0.05) is 48.9 Å². The van der Waals surface area contributed by atoms with Gasteiger partial charge in [-0.25, -0.2) is 13.1 Å². The number of thioether (sulfide) groups is 1. The van der Waals surface area contributed by atoms with Crippen molar-refractivity contribution in [2.45, 2.75) is 18.2 Å². The maximum Gasteiger partial charge on any atom is 0.255 e. The highest BCUT2D eigenvalue weighted by atomic mass is 32.2. The number of benzene rings is 2. The Balaban J connectivity index is 1.54. The molecule has 2 aromatic carbocycles. The van der Waals surface area contributed by atoms with Crippen LogP contribution in [0.3, 0.4) is 0 Å². The average molecular weight is 434 g/mol. The second kappa shape index (κ2) is 10.2. The lowest BCUT2D eigenvalue weighted by Gasteiger charge is -2.26. The third-order valence-electron chi connectivity index (χ3n) is 4.79. The fraction of sp³-hybridized carbons (Fsp3) is 0.381. The minimum atomic E-state index is -3.52. The first kappa shape index (κ1) is 21.8. The lowest BCUT2D eigenvalue weighted by molar-refractivity contribution is 0.102. The Hall–Kier alpha value is -1.87. The van der Waals surface area contributed by atoms with Crippen molar-refractivity contribution in [2.75, 3.05) is 43.0 Å². The number of hydrogen-bond acceptors (Lipinski definition) is 5. The van der Waals surface area contributed by atoms with E-state index in [9.17, 15) is 13.2 Å². The molecule has 1 heterocycles. The Kier molecular flexibility index (Phi) is 7.71. The smallest absolute Gasteiger partial charge is 0.255 e. The number of carbonyl (C=O) groups is 1. The molecule has 0 atom stereocenters. The van der Waals surface area contributed by atoms with Crippen LogP contribution in [0.1, 0.15) is 22.8 Å².